The lowest BCUT2D eigenvalue weighted by Gasteiger charge is -2.11. The molecule has 0 atom stereocenters. The van der Waals surface area contributed by atoms with Crippen molar-refractivity contribution in [1.29, 1.82) is 5.26 Å². The van der Waals surface area contributed by atoms with E-state index in [-0.39, 0.29) is 22.9 Å². The van der Waals surface area contributed by atoms with Crippen LogP contribution in [0.25, 0.3) is 5.69 Å². The molecule has 0 saturated carbocycles. The van der Waals surface area contributed by atoms with Crippen molar-refractivity contribution >= 4 is 29.1 Å². The van der Waals surface area contributed by atoms with Gasteiger partial charge in [0.05, 0.1) is 11.4 Å². The van der Waals surface area contributed by atoms with Crippen LogP contribution in [-0.4, -0.2) is 44.3 Å². The highest BCUT2D eigenvalue weighted by Gasteiger charge is 2.25. The lowest BCUT2D eigenvalue weighted by Crippen LogP contribution is -2.27. The third-order valence-corrected chi connectivity index (χ3v) is 6.02. The number of amides is 1. The molecule has 2 aromatic heterocycles. The lowest BCUT2D eigenvalue weighted by molar-refractivity contribution is 0.0943. The predicted octanol–water partition coefficient (Wildman–Crippen LogP) is 4.21. The molecule has 1 amide bonds. The Labute approximate surface area is 219 Å². The number of nitrogens with one attached hydrogen (secondary N) is 2. The van der Waals surface area contributed by atoms with E-state index in [1.807, 2.05) is 26.0 Å². The summed E-state index contributed by atoms with van der Waals surface area (Å²) in [5.74, 6) is -0.155. The third kappa shape index (κ3) is 5.71. The zero-order valence-corrected chi connectivity index (χ0v) is 21.5. The molecule has 0 radical (unpaired) electrons. The van der Waals surface area contributed by atoms with Crippen LogP contribution in [-0.2, 0) is 7.05 Å². The Balaban J connectivity index is 1.54. The van der Waals surface area contributed by atoms with E-state index in [1.165, 1.54) is 4.68 Å². The number of hydrogen-bond acceptors (Lipinski definition) is 6. The molecule has 4 rings (SSSR count). The van der Waals surface area contributed by atoms with Crippen LogP contribution in [0.4, 0.5) is 5.82 Å². The topological polar surface area (TPSA) is 118 Å². The van der Waals surface area contributed by atoms with Crippen molar-refractivity contribution in [3.05, 3.63) is 93.4 Å². The first-order chi connectivity index (χ1) is 17.8. The van der Waals surface area contributed by atoms with Gasteiger partial charge in [-0.1, -0.05) is 41.4 Å². The van der Waals surface area contributed by atoms with E-state index in [1.54, 1.807) is 54.2 Å². The minimum Gasteiger partial charge on any atom is -0.369 e. The summed E-state index contributed by atoms with van der Waals surface area (Å²) in [6, 6.07) is 18.0. The number of carbonyl (C=O) groups excluding carboxylic acids is 2. The van der Waals surface area contributed by atoms with Gasteiger partial charge in [-0.3, -0.25) is 14.3 Å². The number of nitrogens with zero attached hydrogens (tertiary/aromatic N) is 5. The van der Waals surface area contributed by atoms with Crippen molar-refractivity contribution in [1.82, 2.24) is 24.9 Å². The summed E-state index contributed by atoms with van der Waals surface area (Å²) in [6.45, 7) is 4.60. The van der Waals surface area contributed by atoms with E-state index in [0.717, 1.165) is 11.3 Å². The zero-order chi connectivity index (χ0) is 26.5. The third-order valence-electron chi connectivity index (χ3n) is 5.76. The fourth-order valence-electron chi connectivity index (χ4n) is 3.87. The Morgan fingerprint density at radius 3 is 2.35 bits per heavy atom. The monoisotopic (exact) mass is 515 g/mol. The Hall–Kier alpha value is -4.42. The molecule has 0 spiro atoms. The van der Waals surface area contributed by atoms with Crippen molar-refractivity contribution in [3.63, 3.8) is 0 Å². The second kappa shape index (κ2) is 11.1. The summed E-state index contributed by atoms with van der Waals surface area (Å²) in [5, 5.41) is 25.4. The summed E-state index contributed by atoms with van der Waals surface area (Å²) in [5.41, 5.74) is 3.58. The van der Waals surface area contributed by atoms with Crippen molar-refractivity contribution in [2.45, 2.75) is 20.3 Å². The van der Waals surface area contributed by atoms with Crippen molar-refractivity contribution < 1.29 is 9.59 Å². The number of benzene rings is 2. The van der Waals surface area contributed by atoms with Crippen LogP contribution in [0, 0.1) is 25.2 Å². The molecule has 4 aromatic rings. The number of halogens is 1. The van der Waals surface area contributed by atoms with Gasteiger partial charge in [-0.2, -0.15) is 15.5 Å². The normalized spacial score (nSPS) is 10.7. The second-order valence-corrected chi connectivity index (χ2v) is 9.03. The summed E-state index contributed by atoms with van der Waals surface area (Å²) >= 11 is 6.05. The van der Waals surface area contributed by atoms with Gasteiger partial charge in [0.1, 0.15) is 23.1 Å². The van der Waals surface area contributed by atoms with E-state index in [9.17, 15) is 14.9 Å². The first kappa shape index (κ1) is 25.7. The number of carbonyl (C=O) groups is 2. The average molecular weight is 516 g/mol. The Morgan fingerprint density at radius 2 is 1.73 bits per heavy atom. The Morgan fingerprint density at radius 1 is 1.03 bits per heavy atom. The molecule has 0 bridgehead atoms. The van der Waals surface area contributed by atoms with Crippen molar-refractivity contribution in [2.75, 3.05) is 18.4 Å². The van der Waals surface area contributed by atoms with E-state index in [0.29, 0.717) is 47.3 Å². The highest BCUT2D eigenvalue weighted by molar-refractivity contribution is 6.30. The van der Waals surface area contributed by atoms with E-state index >= 15 is 0 Å². The predicted molar refractivity (Wildman–Crippen MR) is 141 cm³/mol. The summed E-state index contributed by atoms with van der Waals surface area (Å²) in [4.78, 5) is 25.7. The number of ketones is 1. The molecule has 10 heteroatoms. The molecule has 0 aliphatic carbocycles. The van der Waals surface area contributed by atoms with E-state index in [2.05, 4.69) is 26.9 Å². The van der Waals surface area contributed by atoms with Gasteiger partial charge in [-0.15, -0.1) is 0 Å². The van der Waals surface area contributed by atoms with Crippen LogP contribution in [0.15, 0.2) is 54.6 Å². The molecule has 0 unspecified atom stereocenters. The largest absolute Gasteiger partial charge is 0.369 e. The molecule has 0 fully saturated rings. The van der Waals surface area contributed by atoms with Crippen molar-refractivity contribution in [3.8, 4) is 11.8 Å². The minimum atomic E-state index is -0.342. The highest BCUT2D eigenvalue weighted by atomic mass is 35.5. The lowest BCUT2D eigenvalue weighted by atomic mass is 10.0. The fourth-order valence-corrected chi connectivity index (χ4v) is 3.99. The van der Waals surface area contributed by atoms with Crippen LogP contribution < -0.4 is 10.6 Å². The molecule has 2 N–H and O–H groups in total. The maximum Gasteiger partial charge on any atom is 0.269 e. The molecule has 37 heavy (non-hydrogen) atoms. The number of anilines is 1. The second-order valence-electron chi connectivity index (χ2n) is 8.60. The van der Waals surface area contributed by atoms with E-state index in [4.69, 9.17) is 11.6 Å². The van der Waals surface area contributed by atoms with E-state index < -0.39 is 0 Å². The maximum atomic E-state index is 13.3. The molecular weight excluding hydrogens is 490 g/mol. The van der Waals surface area contributed by atoms with Crippen LogP contribution in [0.3, 0.4) is 0 Å². The first-order valence-corrected chi connectivity index (χ1v) is 12.1. The molecule has 0 saturated heterocycles. The van der Waals surface area contributed by atoms with Crippen LogP contribution in [0.5, 0.6) is 0 Å². The summed E-state index contributed by atoms with van der Waals surface area (Å²) < 4.78 is 3.08. The Kier molecular flexibility index (Phi) is 7.70. The fraction of sp³-hybridized carbons (Fsp3) is 0.222. The number of rotatable bonds is 9. The zero-order valence-electron chi connectivity index (χ0n) is 20.7. The van der Waals surface area contributed by atoms with Gasteiger partial charge in [0, 0.05) is 30.7 Å². The minimum absolute atomic E-state index is 0.0590. The van der Waals surface area contributed by atoms with Crippen LogP contribution in [0.1, 0.15) is 49.8 Å². The number of aromatic nitrogens is 4. The molecule has 2 heterocycles. The van der Waals surface area contributed by atoms with Gasteiger partial charge in [-0.05, 0) is 50.6 Å². The standard InChI is InChI=1S/C27H26ClN7O2/c1-17-5-7-19(8-6-17)25(36)24-22(16-29)26(35(33-24)21-11-9-20(28)10-12-21)30-13-4-14-31-27(37)23-15-18(2)32-34(23)3/h5-12,15,30H,4,13-14H2,1-3H3,(H,31,37). The molecule has 0 aliphatic heterocycles. The Bertz CT molecular complexity index is 1480. The number of hydrogen-bond donors (Lipinski definition) is 2. The smallest absolute Gasteiger partial charge is 0.269 e. The molecule has 188 valence electrons. The van der Waals surface area contributed by atoms with Gasteiger partial charge in [0.2, 0.25) is 5.78 Å². The average Bonchev–Trinajstić information content (AvgIpc) is 3.43. The molecule has 0 aliphatic rings. The molecular formula is C27H26ClN7O2. The maximum absolute atomic E-state index is 13.3. The molecule has 2 aromatic carbocycles. The van der Waals surface area contributed by atoms with Gasteiger partial charge in [0.25, 0.3) is 5.91 Å². The van der Waals surface area contributed by atoms with Gasteiger partial charge >= 0.3 is 0 Å². The first-order valence-electron chi connectivity index (χ1n) is 11.7. The van der Waals surface area contributed by atoms with Gasteiger partial charge < -0.3 is 10.6 Å². The number of nitriles is 1. The quantitative estimate of drug-likeness (QED) is 0.255. The highest BCUT2D eigenvalue weighted by Crippen LogP contribution is 2.26. The van der Waals surface area contributed by atoms with Crippen molar-refractivity contribution in [2.24, 2.45) is 7.05 Å². The summed E-state index contributed by atoms with van der Waals surface area (Å²) in [7, 11) is 1.72. The van der Waals surface area contributed by atoms with Crippen LogP contribution >= 0.6 is 11.6 Å². The SMILES string of the molecule is Cc1ccc(C(=O)c2nn(-c3ccc(Cl)cc3)c(NCCCNC(=O)c3cc(C)nn3C)c2C#N)cc1. The van der Waals surface area contributed by atoms with Gasteiger partial charge in [0.15, 0.2) is 5.69 Å². The summed E-state index contributed by atoms with van der Waals surface area (Å²) in [6.07, 6.45) is 0.570. The van der Waals surface area contributed by atoms with Crippen LogP contribution in [0.2, 0.25) is 5.02 Å². The number of aryl methyl sites for hydroxylation is 3. The van der Waals surface area contributed by atoms with Gasteiger partial charge in [-0.25, -0.2) is 4.68 Å². The molecule has 9 nitrogen and oxygen atoms in total.